The molecule has 1 rings (SSSR count). The predicted molar refractivity (Wildman–Crippen MR) is 49.1 cm³/mol. The molecule has 1 heterocycles. The second kappa shape index (κ2) is 4.79. The second-order valence-corrected chi connectivity index (χ2v) is 4.99. The summed E-state index contributed by atoms with van der Waals surface area (Å²) in [6.07, 6.45) is 0.428. The molecular weight excluding hydrogens is 320 g/mol. The van der Waals surface area contributed by atoms with Crippen molar-refractivity contribution in [3.8, 4) is 0 Å². The molecule has 1 unspecified atom stereocenters. The standard InChI is InChI=1S/C6H8IN3O3P/c1-7-9-5(12)8-4(3-11)10(14-2)6(9)13/h3,14H,1-2H3/q-1. The Balaban J connectivity index is 3.64. The molecule has 0 N–H and O–H groups in total. The van der Waals surface area contributed by atoms with Crippen LogP contribution in [0.5, 0.6) is 0 Å². The topological polar surface area (TPSA) is 74.0 Å². The van der Waals surface area contributed by atoms with Crippen molar-refractivity contribution in [2.75, 3.05) is 11.6 Å². The fraction of sp³-hybridized carbons (Fsp3) is 0.333. The van der Waals surface area contributed by atoms with Gasteiger partial charge in [0.1, 0.15) is 0 Å². The van der Waals surface area contributed by atoms with Crippen LogP contribution in [-0.4, -0.2) is 30.0 Å². The first-order chi connectivity index (χ1) is 6.65. The maximum atomic E-state index is 11.6. The zero-order chi connectivity index (χ0) is 10.7. The van der Waals surface area contributed by atoms with Crippen molar-refractivity contribution >= 4 is 15.0 Å². The fourth-order valence-corrected chi connectivity index (χ4v) is 2.87. The van der Waals surface area contributed by atoms with Gasteiger partial charge in [0.15, 0.2) is 0 Å². The number of rotatable bonds is 3. The van der Waals surface area contributed by atoms with Gasteiger partial charge in [-0.2, -0.15) is 0 Å². The Morgan fingerprint density at radius 2 is 2.14 bits per heavy atom. The molecule has 0 aliphatic carbocycles. The van der Waals surface area contributed by atoms with Crippen LogP contribution in [0.2, 0.25) is 0 Å². The van der Waals surface area contributed by atoms with Crippen molar-refractivity contribution in [1.82, 2.24) is 12.1 Å². The summed E-state index contributed by atoms with van der Waals surface area (Å²) in [7, 11) is 0.0986. The molecule has 8 heteroatoms. The van der Waals surface area contributed by atoms with E-state index < -0.39 is 32.9 Å². The zero-order valence-corrected chi connectivity index (χ0v) is 10.7. The van der Waals surface area contributed by atoms with Gasteiger partial charge in [0, 0.05) is 0 Å². The molecule has 0 bridgehead atoms. The van der Waals surface area contributed by atoms with Crippen LogP contribution in [-0.2, 0) is 0 Å². The average molecular weight is 328 g/mol. The number of halogens is 1. The number of aldehydes is 1. The van der Waals surface area contributed by atoms with Crippen LogP contribution in [0.3, 0.4) is 0 Å². The van der Waals surface area contributed by atoms with Gasteiger partial charge >= 0.3 is 91.8 Å². The van der Waals surface area contributed by atoms with Gasteiger partial charge in [0.25, 0.3) is 0 Å². The van der Waals surface area contributed by atoms with Crippen molar-refractivity contribution < 1.29 is 26.3 Å². The Bertz CT molecular complexity index is 466. The van der Waals surface area contributed by atoms with Gasteiger partial charge in [-0.25, -0.2) is 0 Å². The molecule has 0 aliphatic heterocycles. The molecule has 0 fully saturated rings. The van der Waals surface area contributed by atoms with E-state index in [2.05, 4.69) is 4.98 Å². The average Bonchev–Trinajstić information content (AvgIpc) is 2.17. The predicted octanol–water partition coefficient (Wildman–Crippen LogP) is -4.23. The monoisotopic (exact) mass is 328 g/mol. The van der Waals surface area contributed by atoms with E-state index in [1.165, 1.54) is 4.34 Å². The normalized spacial score (nSPS) is 11.3. The molecule has 0 aromatic carbocycles. The molecule has 78 valence electrons. The first-order valence-electron chi connectivity index (χ1n) is 3.54. The quantitative estimate of drug-likeness (QED) is 0.244. The van der Waals surface area contributed by atoms with E-state index in [0.29, 0.717) is 6.29 Å². The van der Waals surface area contributed by atoms with E-state index >= 15 is 0 Å². The molecule has 6 nitrogen and oxygen atoms in total. The summed E-state index contributed by atoms with van der Waals surface area (Å²) in [6.45, 7) is 1.75. The Kier molecular flexibility index (Phi) is 3.94. The van der Waals surface area contributed by atoms with Crippen LogP contribution in [0, 0.1) is 0 Å². The Morgan fingerprint density at radius 1 is 1.50 bits per heavy atom. The van der Waals surface area contributed by atoms with Crippen LogP contribution in [0.1, 0.15) is 10.6 Å². The molecule has 14 heavy (non-hydrogen) atoms. The third-order valence-electron chi connectivity index (χ3n) is 1.46. The Hall–Kier alpha value is -0.560. The second-order valence-electron chi connectivity index (χ2n) is 2.16. The number of nitrogens with zero attached hydrogens (tertiary/aromatic N) is 3. The zero-order valence-electron chi connectivity index (χ0n) is 7.52. The number of carbonyl (C=O) groups is 1. The Labute approximate surface area is 91.8 Å². The van der Waals surface area contributed by atoms with Crippen LogP contribution in [0.15, 0.2) is 9.59 Å². The Morgan fingerprint density at radius 3 is 2.57 bits per heavy atom. The number of carbonyl (C=O) groups excluding carboxylic acids is 1. The minimum absolute atomic E-state index is 0.0884. The van der Waals surface area contributed by atoms with E-state index in [-0.39, 0.29) is 14.6 Å². The molecule has 1 aromatic heterocycles. The molecular formula is C6H8IN3O3P-. The first kappa shape index (κ1) is 11.5. The number of hydrogen-bond acceptors (Lipinski definition) is 4. The van der Waals surface area contributed by atoms with E-state index in [4.69, 9.17) is 0 Å². The molecule has 0 saturated heterocycles. The van der Waals surface area contributed by atoms with Crippen molar-refractivity contribution in [3.63, 3.8) is 0 Å². The van der Waals surface area contributed by atoms with Crippen molar-refractivity contribution in [1.29, 1.82) is 0 Å². The molecule has 0 amide bonds. The van der Waals surface area contributed by atoms with Crippen molar-refractivity contribution in [3.05, 3.63) is 26.8 Å². The summed E-state index contributed by atoms with van der Waals surface area (Å²) in [4.78, 5) is 38.7. The van der Waals surface area contributed by atoms with E-state index in [1.54, 1.807) is 11.6 Å². The molecule has 1 aromatic rings. The van der Waals surface area contributed by atoms with Gasteiger partial charge in [0.05, 0.1) is 0 Å². The van der Waals surface area contributed by atoms with Crippen LogP contribution in [0.4, 0.5) is 0 Å². The summed E-state index contributed by atoms with van der Waals surface area (Å²) >= 11 is -0.678. The summed E-state index contributed by atoms with van der Waals surface area (Å²) in [5.74, 6) is -0.0884. The van der Waals surface area contributed by atoms with Gasteiger partial charge in [-0.05, 0) is 0 Å². The third kappa shape index (κ3) is 1.93. The summed E-state index contributed by atoms with van der Waals surface area (Å²) in [5.41, 5.74) is -1.05. The molecule has 1 atom stereocenters. The van der Waals surface area contributed by atoms with Gasteiger partial charge in [-0.3, -0.25) is 0 Å². The molecule has 0 aliphatic rings. The van der Waals surface area contributed by atoms with Gasteiger partial charge in [0.2, 0.25) is 0 Å². The van der Waals surface area contributed by atoms with Crippen LogP contribution in [0.25, 0.3) is 0 Å². The maximum absolute atomic E-state index is 11.6. The number of hydrogen-bond donors (Lipinski definition) is 0. The van der Waals surface area contributed by atoms with E-state index in [0.717, 1.165) is 2.78 Å². The van der Waals surface area contributed by atoms with Gasteiger partial charge in [-0.15, -0.1) is 0 Å². The fourth-order valence-electron chi connectivity index (χ4n) is 0.893. The molecule has 0 radical (unpaired) electrons. The van der Waals surface area contributed by atoms with E-state index in [1.807, 2.05) is 0 Å². The minimum atomic E-state index is -0.678. The summed E-state index contributed by atoms with van der Waals surface area (Å²) in [5, 5.41) is 0. The van der Waals surface area contributed by atoms with Gasteiger partial charge in [-0.1, -0.05) is 0 Å². The summed E-state index contributed by atoms with van der Waals surface area (Å²) in [6, 6.07) is 0. The van der Waals surface area contributed by atoms with Crippen LogP contribution < -0.4 is 32.9 Å². The first-order valence-corrected chi connectivity index (χ1v) is 8.11. The summed E-state index contributed by atoms with van der Waals surface area (Å²) < 4.78 is 2.32. The van der Waals surface area contributed by atoms with E-state index in [9.17, 15) is 14.4 Å². The van der Waals surface area contributed by atoms with Crippen LogP contribution >= 0.6 is 8.73 Å². The molecule has 0 spiro atoms. The number of aromatic nitrogens is 3. The third-order valence-corrected chi connectivity index (χ3v) is 4.12. The van der Waals surface area contributed by atoms with Crippen molar-refractivity contribution in [2.45, 2.75) is 0 Å². The number of alkyl halides is 1. The molecule has 0 saturated carbocycles. The SMILES string of the molecule is CPn1c(C=O)nc(=O)n([I-]C)c1=O. The van der Waals surface area contributed by atoms with Gasteiger partial charge < -0.3 is 0 Å². The van der Waals surface area contributed by atoms with Crippen molar-refractivity contribution in [2.24, 2.45) is 0 Å².